The SMILES string of the molecule is NCC1OCC(C(=O)O)CO1. The molecule has 0 aromatic heterocycles. The molecule has 0 atom stereocenters. The van der Waals surface area contributed by atoms with Gasteiger partial charge in [-0.1, -0.05) is 0 Å². The average molecular weight is 161 g/mol. The normalized spacial score (nSPS) is 31.7. The molecule has 0 aromatic carbocycles. The lowest BCUT2D eigenvalue weighted by molar-refractivity contribution is -0.202. The number of hydrogen-bond acceptors (Lipinski definition) is 4. The van der Waals surface area contributed by atoms with E-state index in [1.54, 1.807) is 0 Å². The van der Waals surface area contributed by atoms with Crippen molar-refractivity contribution in [2.45, 2.75) is 6.29 Å². The standard InChI is InChI=1S/C6H11NO4/c7-1-5-10-2-4(3-11-5)6(8)9/h4-5H,1-3,7H2,(H,8,9). The number of nitrogens with two attached hydrogens (primary N) is 1. The van der Waals surface area contributed by atoms with Gasteiger partial charge in [-0.05, 0) is 0 Å². The van der Waals surface area contributed by atoms with Crippen LogP contribution in [-0.4, -0.2) is 37.1 Å². The first-order valence-electron chi connectivity index (χ1n) is 3.40. The van der Waals surface area contributed by atoms with Gasteiger partial charge in [0, 0.05) is 6.54 Å². The fourth-order valence-electron chi connectivity index (χ4n) is 0.822. The number of ether oxygens (including phenoxy) is 2. The molecule has 1 saturated heterocycles. The third-order valence-corrected chi connectivity index (χ3v) is 1.51. The van der Waals surface area contributed by atoms with Gasteiger partial charge in [0.05, 0.1) is 13.2 Å². The van der Waals surface area contributed by atoms with E-state index in [1.807, 2.05) is 0 Å². The maximum Gasteiger partial charge on any atom is 0.311 e. The Labute approximate surface area is 64.1 Å². The van der Waals surface area contributed by atoms with Crippen LogP contribution in [0.4, 0.5) is 0 Å². The van der Waals surface area contributed by atoms with Crippen LogP contribution in [0, 0.1) is 5.92 Å². The maximum absolute atomic E-state index is 10.4. The molecule has 1 aliphatic heterocycles. The van der Waals surface area contributed by atoms with Crippen LogP contribution in [0.2, 0.25) is 0 Å². The van der Waals surface area contributed by atoms with E-state index < -0.39 is 18.2 Å². The Balaban J connectivity index is 2.30. The van der Waals surface area contributed by atoms with Crippen LogP contribution >= 0.6 is 0 Å². The van der Waals surface area contributed by atoms with E-state index in [2.05, 4.69) is 0 Å². The van der Waals surface area contributed by atoms with Gasteiger partial charge in [-0.15, -0.1) is 0 Å². The van der Waals surface area contributed by atoms with Crippen LogP contribution in [0.15, 0.2) is 0 Å². The van der Waals surface area contributed by atoms with Gasteiger partial charge < -0.3 is 20.3 Å². The zero-order chi connectivity index (χ0) is 8.27. The van der Waals surface area contributed by atoms with Gasteiger partial charge in [0.25, 0.3) is 0 Å². The zero-order valence-electron chi connectivity index (χ0n) is 6.03. The summed E-state index contributed by atoms with van der Waals surface area (Å²) in [6.45, 7) is 0.654. The molecule has 0 spiro atoms. The van der Waals surface area contributed by atoms with Gasteiger partial charge in [-0.2, -0.15) is 0 Å². The first kappa shape index (κ1) is 8.45. The summed E-state index contributed by atoms with van der Waals surface area (Å²) in [7, 11) is 0. The van der Waals surface area contributed by atoms with Gasteiger partial charge in [0.15, 0.2) is 6.29 Å². The Morgan fingerprint density at radius 2 is 2.09 bits per heavy atom. The van der Waals surface area contributed by atoms with Crippen LogP contribution in [-0.2, 0) is 14.3 Å². The molecular weight excluding hydrogens is 150 g/mol. The fraction of sp³-hybridized carbons (Fsp3) is 0.833. The molecule has 5 heteroatoms. The van der Waals surface area contributed by atoms with E-state index in [0.29, 0.717) is 0 Å². The van der Waals surface area contributed by atoms with E-state index >= 15 is 0 Å². The van der Waals surface area contributed by atoms with Gasteiger partial charge in [0.1, 0.15) is 5.92 Å². The van der Waals surface area contributed by atoms with Gasteiger partial charge >= 0.3 is 5.97 Å². The van der Waals surface area contributed by atoms with Crippen molar-refractivity contribution >= 4 is 5.97 Å². The summed E-state index contributed by atoms with van der Waals surface area (Å²) in [4.78, 5) is 10.4. The van der Waals surface area contributed by atoms with Crippen LogP contribution in [0.1, 0.15) is 0 Å². The van der Waals surface area contributed by atoms with Crippen molar-refractivity contribution in [2.24, 2.45) is 11.7 Å². The smallest absolute Gasteiger partial charge is 0.311 e. The Bertz CT molecular complexity index is 142. The number of rotatable bonds is 2. The van der Waals surface area contributed by atoms with Crippen molar-refractivity contribution in [3.05, 3.63) is 0 Å². The molecule has 1 rings (SSSR count). The predicted octanol–water partition coefficient (Wildman–Crippen LogP) is -0.981. The van der Waals surface area contributed by atoms with E-state index in [0.717, 1.165) is 0 Å². The molecule has 64 valence electrons. The summed E-state index contributed by atoms with van der Waals surface area (Å²) >= 11 is 0. The summed E-state index contributed by atoms with van der Waals surface area (Å²) in [6.07, 6.45) is -0.425. The highest BCUT2D eigenvalue weighted by atomic mass is 16.7. The lowest BCUT2D eigenvalue weighted by Gasteiger charge is -2.25. The van der Waals surface area contributed by atoms with Gasteiger partial charge in [0.2, 0.25) is 0 Å². The molecule has 3 N–H and O–H groups in total. The first-order chi connectivity index (χ1) is 5.24. The quantitative estimate of drug-likeness (QED) is 0.544. The lowest BCUT2D eigenvalue weighted by atomic mass is 10.2. The lowest BCUT2D eigenvalue weighted by Crippen LogP contribution is -2.39. The molecule has 1 aliphatic rings. The molecule has 0 unspecified atom stereocenters. The number of carbonyl (C=O) groups is 1. The maximum atomic E-state index is 10.4. The number of hydrogen-bond donors (Lipinski definition) is 2. The second-order valence-electron chi connectivity index (χ2n) is 2.37. The fourth-order valence-corrected chi connectivity index (χ4v) is 0.822. The minimum atomic E-state index is -0.888. The van der Waals surface area contributed by atoms with Crippen molar-refractivity contribution in [1.29, 1.82) is 0 Å². The summed E-state index contributed by atoms with van der Waals surface area (Å²) in [5.41, 5.74) is 5.23. The summed E-state index contributed by atoms with van der Waals surface area (Å²) < 4.78 is 9.95. The van der Waals surface area contributed by atoms with Crippen LogP contribution in [0.5, 0.6) is 0 Å². The molecule has 0 amide bonds. The zero-order valence-corrected chi connectivity index (χ0v) is 6.03. The summed E-state index contributed by atoms with van der Waals surface area (Å²) in [5.74, 6) is -1.43. The monoisotopic (exact) mass is 161 g/mol. The van der Waals surface area contributed by atoms with E-state index in [9.17, 15) is 4.79 Å². The molecular formula is C6H11NO4. The molecule has 1 fully saturated rings. The molecule has 0 radical (unpaired) electrons. The predicted molar refractivity (Wildman–Crippen MR) is 35.9 cm³/mol. The van der Waals surface area contributed by atoms with E-state index in [1.165, 1.54) is 0 Å². The minimum Gasteiger partial charge on any atom is -0.481 e. The van der Waals surface area contributed by atoms with E-state index in [4.69, 9.17) is 20.3 Å². The van der Waals surface area contributed by atoms with Crippen molar-refractivity contribution in [1.82, 2.24) is 0 Å². The Morgan fingerprint density at radius 3 is 2.45 bits per heavy atom. The second-order valence-corrected chi connectivity index (χ2v) is 2.37. The second kappa shape index (κ2) is 3.66. The molecule has 1 heterocycles. The van der Waals surface area contributed by atoms with Gasteiger partial charge in [-0.3, -0.25) is 4.79 Å². The van der Waals surface area contributed by atoms with Gasteiger partial charge in [-0.25, -0.2) is 0 Å². The molecule has 0 aromatic rings. The molecule has 0 saturated carbocycles. The van der Waals surface area contributed by atoms with Crippen LogP contribution < -0.4 is 5.73 Å². The van der Waals surface area contributed by atoms with Crippen molar-refractivity contribution < 1.29 is 19.4 Å². The Hall–Kier alpha value is -0.650. The highest BCUT2D eigenvalue weighted by Crippen LogP contribution is 2.09. The largest absolute Gasteiger partial charge is 0.481 e. The molecule has 0 bridgehead atoms. The Morgan fingerprint density at radius 1 is 1.55 bits per heavy atom. The number of carboxylic acids is 1. The molecule has 5 nitrogen and oxygen atoms in total. The third-order valence-electron chi connectivity index (χ3n) is 1.51. The average Bonchev–Trinajstić information content (AvgIpc) is 2.05. The van der Waals surface area contributed by atoms with Crippen molar-refractivity contribution in [2.75, 3.05) is 19.8 Å². The van der Waals surface area contributed by atoms with Crippen molar-refractivity contribution in [3.8, 4) is 0 Å². The summed E-state index contributed by atoms with van der Waals surface area (Å²) in [5, 5.41) is 8.51. The van der Waals surface area contributed by atoms with Crippen LogP contribution in [0.25, 0.3) is 0 Å². The third kappa shape index (κ3) is 2.14. The first-order valence-corrected chi connectivity index (χ1v) is 3.40. The van der Waals surface area contributed by atoms with Crippen LogP contribution in [0.3, 0.4) is 0 Å². The highest BCUT2D eigenvalue weighted by Gasteiger charge is 2.26. The van der Waals surface area contributed by atoms with E-state index in [-0.39, 0.29) is 19.8 Å². The summed E-state index contributed by atoms with van der Waals surface area (Å²) in [6, 6.07) is 0. The number of aliphatic carboxylic acids is 1. The molecule has 11 heavy (non-hydrogen) atoms. The molecule has 0 aliphatic carbocycles. The highest BCUT2D eigenvalue weighted by molar-refractivity contribution is 5.70. The van der Waals surface area contributed by atoms with Crippen molar-refractivity contribution in [3.63, 3.8) is 0 Å². The Kier molecular flexibility index (Phi) is 2.81. The minimum absolute atomic E-state index is 0.192. The topological polar surface area (TPSA) is 81.8 Å². The number of carboxylic acid groups (broad SMARTS) is 1.